The van der Waals surface area contributed by atoms with Crippen LogP contribution in [0.4, 0.5) is 5.69 Å². The van der Waals surface area contributed by atoms with Crippen molar-refractivity contribution in [3.63, 3.8) is 0 Å². The van der Waals surface area contributed by atoms with Gasteiger partial charge in [-0.2, -0.15) is 0 Å². The number of pyridine rings is 1. The molecule has 0 unspecified atom stereocenters. The molecule has 146 valence electrons. The van der Waals surface area contributed by atoms with Crippen molar-refractivity contribution in [2.45, 2.75) is 44.8 Å². The molecule has 0 bridgehead atoms. The number of benzene rings is 1. The van der Waals surface area contributed by atoms with Crippen molar-refractivity contribution < 1.29 is 4.79 Å². The number of carbonyl (C=O) groups is 1. The van der Waals surface area contributed by atoms with Crippen LogP contribution < -0.4 is 5.32 Å². The molecule has 7 heteroatoms. The second kappa shape index (κ2) is 8.56. The van der Waals surface area contributed by atoms with Gasteiger partial charge in [0, 0.05) is 30.2 Å². The quantitative estimate of drug-likeness (QED) is 0.627. The van der Waals surface area contributed by atoms with Crippen molar-refractivity contribution in [3.05, 3.63) is 54.4 Å². The Balaban J connectivity index is 1.63. The number of aromatic nitrogens is 4. The molecule has 2 aromatic heterocycles. The van der Waals surface area contributed by atoms with Gasteiger partial charge in [0.05, 0.1) is 5.75 Å². The average molecular weight is 396 g/mol. The first-order valence-corrected chi connectivity index (χ1v) is 10.2. The summed E-state index contributed by atoms with van der Waals surface area (Å²) < 4.78 is 1.99. The first-order valence-electron chi connectivity index (χ1n) is 9.25. The van der Waals surface area contributed by atoms with Gasteiger partial charge in [0.1, 0.15) is 0 Å². The third kappa shape index (κ3) is 4.78. The molecule has 0 atom stereocenters. The number of hydrogen-bond donors (Lipinski definition) is 1. The third-order valence-electron chi connectivity index (χ3n) is 4.32. The van der Waals surface area contributed by atoms with Crippen molar-refractivity contribution in [1.29, 1.82) is 0 Å². The maximum Gasteiger partial charge on any atom is 0.234 e. The monoisotopic (exact) mass is 395 g/mol. The molecule has 0 aliphatic heterocycles. The minimum atomic E-state index is -0.0675. The molecule has 1 aromatic carbocycles. The molecular weight excluding hydrogens is 370 g/mol. The molecule has 2 heterocycles. The zero-order valence-corrected chi connectivity index (χ0v) is 17.5. The molecule has 0 aliphatic rings. The maximum atomic E-state index is 12.3. The zero-order valence-electron chi connectivity index (χ0n) is 16.6. The number of nitrogens with zero attached hydrogens (tertiary/aromatic N) is 4. The van der Waals surface area contributed by atoms with Gasteiger partial charge in [-0.25, -0.2) is 0 Å². The minimum Gasteiger partial charge on any atom is -0.325 e. The number of carbonyl (C=O) groups excluding carboxylic acids is 1. The second-order valence-corrected chi connectivity index (χ2v) is 8.40. The van der Waals surface area contributed by atoms with Gasteiger partial charge < -0.3 is 9.88 Å². The minimum absolute atomic E-state index is 0.0675. The molecule has 3 rings (SSSR count). The molecular formula is C21H25N5OS. The zero-order chi connectivity index (χ0) is 20.1. The third-order valence-corrected chi connectivity index (χ3v) is 5.29. The van der Waals surface area contributed by atoms with Crippen LogP contribution in [0.1, 0.15) is 33.3 Å². The van der Waals surface area contributed by atoms with Gasteiger partial charge in [0.15, 0.2) is 11.0 Å². The van der Waals surface area contributed by atoms with E-state index >= 15 is 0 Å². The van der Waals surface area contributed by atoms with Crippen molar-refractivity contribution in [2.24, 2.45) is 0 Å². The van der Waals surface area contributed by atoms with Gasteiger partial charge in [0.25, 0.3) is 0 Å². The summed E-state index contributed by atoms with van der Waals surface area (Å²) in [5.74, 6) is 0.963. The largest absolute Gasteiger partial charge is 0.325 e. The van der Waals surface area contributed by atoms with E-state index in [0.29, 0.717) is 0 Å². The number of amides is 1. The SMILES string of the molecule is CCn1c(SCC(=O)Nc2ccc(C(C)(C)C)cc2)nnc1-c1cccnc1. The second-order valence-electron chi connectivity index (χ2n) is 7.46. The Morgan fingerprint density at radius 2 is 1.89 bits per heavy atom. The standard InChI is InChI=1S/C21H25N5OS/c1-5-26-19(15-7-6-12-22-13-15)24-25-20(26)28-14-18(27)23-17-10-8-16(9-11-17)21(2,3)4/h6-13H,5,14H2,1-4H3,(H,23,27). The Morgan fingerprint density at radius 3 is 2.50 bits per heavy atom. The number of thioether (sulfide) groups is 1. The fraction of sp³-hybridized carbons (Fsp3) is 0.333. The highest BCUT2D eigenvalue weighted by Gasteiger charge is 2.16. The van der Waals surface area contributed by atoms with Crippen LogP contribution in [0.5, 0.6) is 0 Å². The van der Waals surface area contributed by atoms with Crippen LogP contribution in [0.3, 0.4) is 0 Å². The van der Waals surface area contributed by atoms with Gasteiger partial charge in [-0.1, -0.05) is 44.7 Å². The van der Waals surface area contributed by atoms with Crippen LogP contribution in [0.25, 0.3) is 11.4 Å². The molecule has 0 aliphatic carbocycles. The van der Waals surface area contributed by atoms with E-state index in [0.717, 1.165) is 28.8 Å². The van der Waals surface area contributed by atoms with E-state index in [-0.39, 0.29) is 17.1 Å². The molecule has 0 spiro atoms. The van der Waals surface area contributed by atoms with E-state index in [1.165, 1.54) is 17.3 Å². The van der Waals surface area contributed by atoms with Crippen LogP contribution in [-0.2, 0) is 16.8 Å². The summed E-state index contributed by atoms with van der Waals surface area (Å²) in [5, 5.41) is 12.2. The molecule has 28 heavy (non-hydrogen) atoms. The smallest absolute Gasteiger partial charge is 0.234 e. The molecule has 1 amide bonds. The topological polar surface area (TPSA) is 72.7 Å². The van der Waals surface area contributed by atoms with Gasteiger partial charge in [-0.05, 0) is 42.2 Å². The summed E-state index contributed by atoms with van der Waals surface area (Å²) in [4.78, 5) is 16.5. The maximum absolute atomic E-state index is 12.3. The van der Waals surface area contributed by atoms with Crippen molar-refractivity contribution in [1.82, 2.24) is 19.7 Å². The summed E-state index contributed by atoms with van der Waals surface area (Å²) in [6.45, 7) is 9.25. The van der Waals surface area contributed by atoms with E-state index in [4.69, 9.17) is 0 Å². The van der Waals surface area contributed by atoms with E-state index in [9.17, 15) is 4.79 Å². The number of anilines is 1. The highest BCUT2D eigenvalue weighted by Crippen LogP contribution is 2.25. The highest BCUT2D eigenvalue weighted by atomic mass is 32.2. The lowest BCUT2D eigenvalue weighted by atomic mass is 9.87. The summed E-state index contributed by atoms with van der Waals surface area (Å²) in [5.41, 5.74) is 3.03. The summed E-state index contributed by atoms with van der Waals surface area (Å²) in [6.07, 6.45) is 3.49. The summed E-state index contributed by atoms with van der Waals surface area (Å²) >= 11 is 1.38. The van der Waals surface area contributed by atoms with Crippen LogP contribution in [0, 0.1) is 0 Å². The van der Waals surface area contributed by atoms with E-state index in [2.05, 4.69) is 53.4 Å². The highest BCUT2D eigenvalue weighted by molar-refractivity contribution is 7.99. The lowest BCUT2D eigenvalue weighted by Crippen LogP contribution is -2.15. The van der Waals surface area contributed by atoms with Crippen LogP contribution in [0.2, 0.25) is 0 Å². The van der Waals surface area contributed by atoms with E-state index in [1.54, 1.807) is 12.4 Å². The molecule has 6 nitrogen and oxygen atoms in total. The Morgan fingerprint density at radius 1 is 1.14 bits per heavy atom. The first-order chi connectivity index (χ1) is 13.4. The van der Waals surface area contributed by atoms with Crippen LogP contribution in [-0.4, -0.2) is 31.4 Å². The molecule has 0 fully saturated rings. The fourth-order valence-corrected chi connectivity index (χ4v) is 3.57. The lowest BCUT2D eigenvalue weighted by Gasteiger charge is -2.19. The first kappa shape index (κ1) is 20.1. The van der Waals surface area contributed by atoms with Gasteiger partial charge >= 0.3 is 0 Å². The molecule has 0 radical (unpaired) electrons. The number of nitrogens with one attached hydrogen (secondary N) is 1. The van der Waals surface area contributed by atoms with Gasteiger partial charge in [-0.15, -0.1) is 10.2 Å². The number of hydrogen-bond acceptors (Lipinski definition) is 5. The van der Waals surface area contributed by atoms with Crippen LogP contribution >= 0.6 is 11.8 Å². The predicted octanol–water partition coefficient (Wildman–Crippen LogP) is 4.39. The van der Waals surface area contributed by atoms with E-state index in [1.807, 2.05) is 35.8 Å². The van der Waals surface area contributed by atoms with Crippen molar-refractivity contribution >= 4 is 23.4 Å². The molecule has 1 N–H and O–H groups in total. The van der Waals surface area contributed by atoms with Crippen molar-refractivity contribution in [3.8, 4) is 11.4 Å². The predicted molar refractivity (Wildman–Crippen MR) is 113 cm³/mol. The lowest BCUT2D eigenvalue weighted by molar-refractivity contribution is -0.113. The Kier molecular flexibility index (Phi) is 6.14. The Hall–Kier alpha value is -2.67. The molecule has 0 saturated heterocycles. The summed E-state index contributed by atoms with van der Waals surface area (Å²) in [7, 11) is 0. The fourth-order valence-electron chi connectivity index (χ4n) is 2.77. The average Bonchev–Trinajstić information content (AvgIpc) is 3.10. The van der Waals surface area contributed by atoms with Crippen LogP contribution in [0.15, 0.2) is 53.9 Å². The summed E-state index contributed by atoms with van der Waals surface area (Å²) in [6, 6.07) is 11.8. The Labute approximate surface area is 169 Å². The van der Waals surface area contributed by atoms with E-state index < -0.39 is 0 Å². The molecule has 0 saturated carbocycles. The normalized spacial score (nSPS) is 11.4. The van der Waals surface area contributed by atoms with Crippen molar-refractivity contribution in [2.75, 3.05) is 11.1 Å². The Bertz CT molecular complexity index is 930. The number of rotatable bonds is 6. The van der Waals surface area contributed by atoms with Gasteiger partial charge in [0.2, 0.25) is 5.91 Å². The van der Waals surface area contributed by atoms with Gasteiger partial charge in [-0.3, -0.25) is 9.78 Å². The molecule has 3 aromatic rings.